The van der Waals surface area contributed by atoms with Gasteiger partial charge < -0.3 is 9.32 Å². The molecule has 0 bridgehead atoms. The van der Waals surface area contributed by atoms with E-state index < -0.39 is 0 Å². The van der Waals surface area contributed by atoms with Crippen LogP contribution < -0.4 is 131 Å². The first-order valence-electron chi connectivity index (χ1n) is 23.5. The lowest BCUT2D eigenvalue weighted by Crippen LogP contribution is -2.58. The lowest BCUT2D eigenvalue weighted by atomic mass is 9.56. The highest BCUT2D eigenvalue weighted by Crippen LogP contribution is 2.40. The Labute approximate surface area is 489 Å². The van der Waals surface area contributed by atoms with Gasteiger partial charge in [0.1, 0.15) is 192 Å². The zero-order valence-electron chi connectivity index (χ0n) is 41.8. The number of aromatic nitrogens is 3. The van der Waals surface area contributed by atoms with Crippen molar-refractivity contribution in [1.29, 1.82) is 0 Å². The molecule has 0 amide bonds. The Bertz CT molecular complexity index is 4000. The van der Waals surface area contributed by atoms with Crippen molar-refractivity contribution in [1.82, 2.24) is 15.0 Å². The molecule has 10 rings (SSSR count). The maximum absolute atomic E-state index is 7.68. The minimum absolute atomic E-state index is 0.00339. The molecule has 79 heavy (non-hydrogen) atoms. The SMILES string of the molecule is [B]c1cc([B])c2oc3c([B])c(-c4nc(-c5ccccc5)nc(-c5ccccc5)n4)c([B])c(N(c4c([B])c([B])c(-c5c([B])c([B])c([B])c([B])c5[B])c([B])c4[B])c4c([B])c([B])c(-c5c([B])c([B])c([B])c([B])c5[B])c([B])c4[B])c3c2c1[B]. The van der Waals surface area contributed by atoms with Crippen LogP contribution in [0.1, 0.15) is 0 Å². The van der Waals surface area contributed by atoms with E-state index in [2.05, 4.69) is 0 Å². The molecule has 0 aliphatic heterocycles. The van der Waals surface area contributed by atoms with Gasteiger partial charge in [-0.2, -0.15) is 0 Å². The molecule has 0 atom stereocenters. The molecule has 8 aromatic carbocycles. The molecule has 2 aromatic heterocycles. The smallest absolute Gasteiger partial charge is 0.164 e. The van der Waals surface area contributed by atoms with Crippen LogP contribution in [0.3, 0.4) is 0 Å². The Morgan fingerprint density at radius 3 is 0.962 bits per heavy atom. The van der Waals surface area contributed by atoms with Gasteiger partial charge in [0.25, 0.3) is 0 Å². The Hall–Kier alpha value is -6.14. The Morgan fingerprint density at radius 1 is 0.266 bits per heavy atom. The number of rotatable bonds is 8. The van der Waals surface area contributed by atoms with Crippen molar-refractivity contribution in [3.8, 4) is 56.4 Å². The van der Waals surface area contributed by atoms with E-state index in [1.54, 1.807) is 0 Å². The van der Waals surface area contributed by atoms with Crippen molar-refractivity contribution in [3.05, 3.63) is 66.7 Å². The van der Waals surface area contributed by atoms with E-state index in [9.17, 15) is 0 Å². The van der Waals surface area contributed by atoms with Gasteiger partial charge in [0.05, 0.1) is 11.1 Å². The van der Waals surface area contributed by atoms with Gasteiger partial charge in [-0.3, -0.25) is 0 Å². The third-order valence-electron chi connectivity index (χ3n) is 14.1. The molecule has 0 saturated heterocycles. The van der Waals surface area contributed by atoms with Crippen molar-refractivity contribution in [2.75, 3.05) is 4.90 Å². The zero-order chi connectivity index (χ0) is 57.3. The highest BCUT2D eigenvalue weighted by molar-refractivity contribution is 6.74. The molecule has 46 radical (unpaired) electrons. The second-order valence-corrected chi connectivity index (χ2v) is 18.5. The van der Waals surface area contributed by atoms with Gasteiger partial charge in [-0.05, 0) is 27.7 Å². The molecular weight excluding hydrogens is 933 g/mol. The highest BCUT2D eigenvalue weighted by Gasteiger charge is 2.34. The van der Waals surface area contributed by atoms with Gasteiger partial charge >= 0.3 is 0 Å². The van der Waals surface area contributed by atoms with E-state index in [0.29, 0.717) is 11.1 Å². The van der Waals surface area contributed by atoms with E-state index in [4.69, 9.17) is 200 Å². The van der Waals surface area contributed by atoms with Gasteiger partial charge in [0.15, 0.2) is 17.5 Å². The van der Waals surface area contributed by atoms with Crippen molar-refractivity contribution < 1.29 is 4.42 Å². The third-order valence-corrected chi connectivity index (χ3v) is 14.1. The molecular formula is C51H11B23N4O. The topological polar surface area (TPSA) is 55.1 Å². The highest BCUT2D eigenvalue weighted by atomic mass is 16.3. The molecule has 0 unspecified atom stereocenters. The summed E-state index contributed by atoms with van der Waals surface area (Å²) in [6, 6.07) is 19.6. The van der Waals surface area contributed by atoms with Gasteiger partial charge in [-0.25, -0.2) is 15.0 Å². The fourth-order valence-corrected chi connectivity index (χ4v) is 9.89. The second kappa shape index (κ2) is 20.8. The van der Waals surface area contributed by atoms with Crippen LogP contribution in [-0.2, 0) is 0 Å². The number of nitrogens with zero attached hydrogens (tertiary/aromatic N) is 4. The maximum Gasteiger partial charge on any atom is 0.164 e. The van der Waals surface area contributed by atoms with Crippen LogP contribution in [-0.4, -0.2) is 195 Å². The van der Waals surface area contributed by atoms with E-state index in [-0.39, 0.29) is 210 Å². The molecule has 0 N–H and O–H groups in total. The summed E-state index contributed by atoms with van der Waals surface area (Å²) in [5.41, 5.74) is -4.47. The normalized spacial score (nSPS) is 11.4. The lowest BCUT2D eigenvalue weighted by molar-refractivity contribution is 0.674. The van der Waals surface area contributed by atoms with E-state index >= 15 is 0 Å². The van der Waals surface area contributed by atoms with Crippen molar-refractivity contribution in [3.63, 3.8) is 0 Å². The summed E-state index contributed by atoms with van der Waals surface area (Å²) >= 11 is 0. The fraction of sp³-hybridized carbons (Fsp3) is 0. The standard InChI is InChI=1S/C51H11B23N4O/c52-14-11-15(53)47-20(23(14)54)21-44(32(63)22(33(64)48(21)79-47)51-76-49(12-7-3-1-4-8-12)75-50(77-51)13-9-5-2-6-10-13)78(45-40(71)28(59)18(29(60)41(45)72)16-24(55)34(65)38(69)35(66)25(16)56)46-42(73)30(61)19(31(62)43(46)74)17-26(57)36(67)39(70)37(68)27(17)58/h1-11H. The lowest BCUT2D eigenvalue weighted by Gasteiger charge is -2.39. The average molecular weight is 944 g/mol. The summed E-state index contributed by atoms with van der Waals surface area (Å²) in [5, 5.41) is 0.0836. The predicted octanol–water partition coefficient (Wildman–Crippen LogP) is -14.2. The Morgan fingerprint density at radius 2 is 0.595 bits per heavy atom. The van der Waals surface area contributed by atoms with Crippen LogP contribution in [0.15, 0.2) is 71.1 Å². The summed E-state index contributed by atoms with van der Waals surface area (Å²) in [5.74, 6) is 0.352. The van der Waals surface area contributed by atoms with Crippen LogP contribution in [0.4, 0.5) is 17.1 Å². The first kappa shape index (κ1) is 56.1. The van der Waals surface area contributed by atoms with Crippen LogP contribution in [0.2, 0.25) is 0 Å². The van der Waals surface area contributed by atoms with Crippen molar-refractivity contribution in [2.24, 2.45) is 0 Å². The number of fused-ring (bicyclic) bond motifs is 3. The van der Waals surface area contributed by atoms with Gasteiger partial charge in [-0.15, -0.1) is 38.2 Å². The predicted molar refractivity (Wildman–Crippen MR) is 353 cm³/mol. The monoisotopic (exact) mass is 948 g/mol. The molecule has 2 heterocycles. The number of anilines is 3. The molecule has 28 heteroatoms. The summed E-state index contributed by atoms with van der Waals surface area (Å²) in [6.07, 6.45) is 0. The maximum atomic E-state index is 7.68. The first-order chi connectivity index (χ1) is 37.3. The number of furan rings is 1. The first-order valence-corrected chi connectivity index (χ1v) is 23.5. The van der Waals surface area contributed by atoms with E-state index in [1.807, 2.05) is 60.7 Å². The van der Waals surface area contributed by atoms with Crippen molar-refractivity contribution >= 4 is 345 Å². The Balaban J connectivity index is 1.44. The molecule has 10 aromatic rings. The average Bonchev–Trinajstić information content (AvgIpc) is 4.14. The largest absolute Gasteiger partial charge is 0.457 e. The van der Waals surface area contributed by atoms with E-state index in [0.717, 1.165) is 0 Å². The number of hydrogen-bond donors (Lipinski definition) is 0. The van der Waals surface area contributed by atoms with Gasteiger partial charge in [0, 0.05) is 33.5 Å². The minimum Gasteiger partial charge on any atom is -0.457 e. The number of hydrogen-bond acceptors (Lipinski definition) is 5. The van der Waals surface area contributed by atoms with Crippen LogP contribution in [0.25, 0.3) is 78.4 Å². The molecule has 5 nitrogen and oxygen atoms in total. The van der Waals surface area contributed by atoms with Crippen LogP contribution in [0.5, 0.6) is 0 Å². The summed E-state index contributed by atoms with van der Waals surface area (Å²) < 4.78 is 6.66. The minimum atomic E-state index is -0.356. The molecule has 310 valence electrons. The van der Waals surface area contributed by atoms with Gasteiger partial charge in [-0.1, -0.05) is 149 Å². The third kappa shape index (κ3) is 8.61. The fourth-order valence-electron chi connectivity index (χ4n) is 9.89. The van der Waals surface area contributed by atoms with E-state index in [1.165, 1.54) is 11.0 Å². The summed E-state index contributed by atoms with van der Waals surface area (Å²) in [4.78, 5) is 16.1. The Kier molecular flexibility index (Phi) is 14.8. The second-order valence-electron chi connectivity index (χ2n) is 18.5. The molecule has 0 fully saturated rings. The molecule has 0 spiro atoms. The quantitative estimate of drug-likeness (QED) is 0.142. The molecule has 0 aliphatic carbocycles. The molecule has 0 aliphatic rings. The van der Waals surface area contributed by atoms with Crippen LogP contribution >= 0.6 is 0 Å². The summed E-state index contributed by atoms with van der Waals surface area (Å²) in [6.45, 7) is 0. The van der Waals surface area contributed by atoms with Crippen LogP contribution in [0, 0.1) is 0 Å². The zero-order valence-corrected chi connectivity index (χ0v) is 41.8. The van der Waals surface area contributed by atoms with Crippen molar-refractivity contribution in [2.45, 2.75) is 0 Å². The number of benzene rings is 8. The van der Waals surface area contributed by atoms with Gasteiger partial charge in [0.2, 0.25) is 0 Å². The molecule has 0 saturated carbocycles. The summed E-state index contributed by atoms with van der Waals surface area (Å²) in [7, 11) is 157.